The minimum absolute atomic E-state index is 0.0342. The topological polar surface area (TPSA) is 68.5 Å². The number of fused-ring (bicyclic) bond motifs is 1. The number of halogens is 1. The van der Waals surface area contributed by atoms with Gasteiger partial charge in [-0.15, -0.1) is 0 Å². The highest BCUT2D eigenvalue weighted by Gasteiger charge is 2.27. The number of rotatable bonds is 3. The van der Waals surface area contributed by atoms with Crippen LogP contribution < -0.4 is 9.64 Å². The molecule has 1 amide bonds. The molecule has 2 heterocycles. The fourth-order valence-corrected chi connectivity index (χ4v) is 2.87. The van der Waals surface area contributed by atoms with Crippen LogP contribution in [0.15, 0.2) is 47.0 Å². The lowest BCUT2D eigenvalue weighted by Gasteiger charge is -2.28. The van der Waals surface area contributed by atoms with E-state index in [9.17, 15) is 4.79 Å². The predicted octanol–water partition coefficient (Wildman–Crippen LogP) is 3.62. The Morgan fingerprint density at radius 3 is 2.96 bits per heavy atom. The highest BCUT2D eigenvalue weighted by molar-refractivity contribution is 6.31. The van der Waals surface area contributed by atoms with Crippen molar-refractivity contribution in [3.63, 3.8) is 0 Å². The molecule has 0 spiro atoms. The molecule has 0 unspecified atom stereocenters. The van der Waals surface area contributed by atoms with Crippen molar-refractivity contribution in [2.45, 2.75) is 13.5 Å². The Balaban J connectivity index is 1.63. The average molecular weight is 356 g/mol. The Hall–Kier alpha value is -2.86. The number of nitrogens with zero attached hydrogens (tertiary/aromatic N) is 3. The summed E-state index contributed by atoms with van der Waals surface area (Å²) in [4.78, 5) is 18.2. The molecule has 6 nitrogen and oxygen atoms in total. The van der Waals surface area contributed by atoms with Crippen LogP contribution >= 0.6 is 11.6 Å². The van der Waals surface area contributed by atoms with Gasteiger partial charge in [-0.1, -0.05) is 40.5 Å². The number of benzene rings is 2. The third-order valence-electron chi connectivity index (χ3n) is 3.90. The summed E-state index contributed by atoms with van der Waals surface area (Å²) in [5.41, 5.74) is 2.57. The van der Waals surface area contributed by atoms with Crippen molar-refractivity contribution in [1.29, 1.82) is 0 Å². The quantitative estimate of drug-likeness (QED) is 0.717. The molecule has 0 saturated carbocycles. The zero-order valence-corrected chi connectivity index (χ0v) is 14.2. The van der Waals surface area contributed by atoms with Gasteiger partial charge in [0.05, 0.1) is 5.69 Å². The smallest absolute Gasteiger partial charge is 0.265 e. The summed E-state index contributed by atoms with van der Waals surface area (Å²) < 4.78 is 10.8. The molecule has 0 radical (unpaired) electrons. The van der Waals surface area contributed by atoms with E-state index in [4.69, 9.17) is 20.9 Å². The van der Waals surface area contributed by atoms with Gasteiger partial charge in [-0.25, -0.2) is 0 Å². The summed E-state index contributed by atoms with van der Waals surface area (Å²) in [5, 5.41) is 4.53. The fourth-order valence-electron chi connectivity index (χ4n) is 2.70. The average Bonchev–Trinajstić information content (AvgIpc) is 3.06. The van der Waals surface area contributed by atoms with Gasteiger partial charge >= 0.3 is 0 Å². The van der Waals surface area contributed by atoms with Gasteiger partial charge in [0.25, 0.3) is 5.91 Å². The van der Waals surface area contributed by atoms with E-state index >= 15 is 0 Å². The van der Waals surface area contributed by atoms with Gasteiger partial charge in [-0.2, -0.15) is 4.98 Å². The van der Waals surface area contributed by atoms with Crippen LogP contribution in [0.2, 0.25) is 5.02 Å². The summed E-state index contributed by atoms with van der Waals surface area (Å²) in [5.74, 6) is 1.25. The van der Waals surface area contributed by atoms with Crippen LogP contribution in [0.1, 0.15) is 11.5 Å². The second kappa shape index (κ2) is 6.22. The lowest BCUT2D eigenvalue weighted by atomic mass is 10.1. The fraction of sp³-hybridized carbons (Fsp3) is 0.167. The number of carbonyl (C=O) groups is 1. The van der Waals surface area contributed by atoms with Crippen LogP contribution in [0.3, 0.4) is 0 Å². The summed E-state index contributed by atoms with van der Waals surface area (Å²) in [6.07, 6.45) is 0. The Bertz CT molecular complexity index is 954. The van der Waals surface area contributed by atoms with E-state index in [1.807, 2.05) is 31.2 Å². The maximum absolute atomic E-state index is 12.3. The number of hydrogen-bond acceptors (Lipinski definition) is 5. The Labute approximate surface area is 149 Å². The molecule has 1 aliphatic heterocycles. The van der Waals surface area contributed by atoms with E-state index in [1.54, 1.807) is 18.2 Å². The molecule has 0 aliphatic carbocycles. The minimum Gasteiger partial charge on any atom is -0.482 e. The number of amides is 1. The van der Waals surface area contributed by atoms with Crippen molar-refractivity contribution >= 4 is 23.2 Å². The Kier molecular flexibility index (Phi) is 3.89. The second-order valence-corrected chi connectivity index (χ2v) is 6.20. The molecule has 0 bridgehead atoms. The maximum atomic E-state index is 12.3. The number of anilines is 1. The standard InChI is InChI=1S/C18H14ClN3O3/c1-11-3-2-4-12(7-11)18-20-16(25-21-18)9-22-14-8-13(19)5-6-15(14)24-10-17(22)23/h2-8H,9-10H2,1H3. The number of aryl methyl sites for hydroxylation is 1. The summed E-state index contributed by atoms with van der Waals surface area (Å²) >= 11 is 6.05. The lowest BCUT2D eigenvalue weighted by Crippen LogP contribution is -2.38. The van der Waals surface area contributed by atoms with Crippen molar-refractivity contribution in [1.82, 2.24) is 10.1 Å². The molecule has 0 atom stereocenters. The molecular weight excluding hydrogens is 342 g/mol. The van der Waals surface area contributed by atoms with Gasteiger partial charge in [0, 0.05) is 10.6 Å². The summed E-state index contributed by atoms with van der Waals surface area (Å²) in [7, 11) is 0. The molecule has 0 fully saturated rings. The van der Waals surface area contributed by atoms with E-state index in [0.29, 0.717) is 28.2 Å². The van der Waals surface area contributed by atoms with Crippen LogP contribution in [0.4, 0.5) is 5.69 Å². The molecule has 2 aromatic carbocycles. The molecule has 1 aliphatic rings. The van der Waals surface area contributed by atoms with Gasteiger partial charge in [0.15, 0.2) is 6.61 Å². The van der Waals surface area contributed by atoms with E-state index < -0.39 is 0 Å². The zero-order valence-electron chi connectivity index (χ0n) is 13.4. The lowest BCUT2D eigenvalue weighted by molar-refractivity contribution is -0.121. The molecule has 1 aromatic heterocycles. The zero-order chi connectivity index (χ0) is 17.4. The molecule has 3 aromatic rings. The highest BCUT2D eigenvalue weighted by Crippen LogP contribution is 2.35. The van der Waals surface area contributed by atoms with Gasteiger partial charge in [0.1, 0.15) is 12.3 Å². The monoisotopic (exact) mass is 355 g/mol. The van der Waals surface area contributed by atoms with Crippen molar-refractivity contribution in [2.24, 2.45) is 0 Å². The number of carbonyl (C=O) groups excluding carboxylic acids is 1. The van der Waals surface area contributed by atoms with Crippen LogP contribution in [0.25, 0.3) is 11.4 Å². The van der Waals surface area contributed by atoms with Gasteiger partial charge in [-0.05, 0) is 31.2 Å². The third kappa shape index (κ3) is 3.08. The van der Waals surface area contributed by atoms with E-state index in [-0.39, 0.29) is 19.1 Å². The molecule has 7 heteroatoms. The van der Waals surface area contributed by atoms with Crippen LogP contribution in [0.5, 0.6) is 5.75 Å². The van der Waals surface area contributed by atoms with Crippen molar-refractivity contribution in [2.75, 3.05) is 11.5 Å². The predicted molar refractivity (Wildman–Crippen MR) is 92.6 cm³/mol. The normalized spacial score (nSPS) is 13.5. The molecule has 126 valence electrons. The number of aromatic nitrogens is 2. The van der Waals surface area contributed by atoms with Gasteiger partial charge in [-0.3, -0.25) is 9.69 Å². The third-order valence-corrected chi connectivity index (χ3v) is 4.14. The second-order valence-electron chi connectivity index (χ2n) is 5.76. The highest BCUT2D eigenvalue weighted by atomic mass is 35.5. The SMILES string of the molecule is Cc1cccc(-c2noc(CN3C(=O)COc4ccc(Cl)cc43)n2)c1. The van der Waals surface area contributed by atoms with Crippen molar-refractivity contribution in [3.8, 4) is 17.1 Å². The number of ether oxygens (including phenoxy) is 1. The summed E-state index contributed by atoms with van der Waals surface area (Å²) in [6.45, 7) is 2.12. The molecule has 25 heavy (non-hydrogen) atoms. The van der Waals surface area contributed by atoms with E-state index in [1.165, 1.54) is 4.90 Å². The first-order valence-corrected chi connectivity index (χ1v) is 8.10. The summed E-state index contributed by atoms with van der Waals surface area (Å²) in [6, 6.07) is 13.0. The van der Waals surface area contributed by atoms with E-state index in [2.05, 4.69) is 10.1 Å². The largest absolute Gasteiger partial charge is 0.482 e. The van der Waals surface area contributed by atoms with Crippen molar-refractivity contribution < 1.29 is 14.1 Å². The first-order chi connectivity index (χ1) is 12.1. The van der Waals surface area contributed by atoms with Crippen LogP contribution in [-0.4, -0.2) is 22.7 Å². The van der Waals surface area contributed by atoms with Crippen molar-refractivity contribution in [3.05, 3.63) is 58.9 Å². The molecule has 0 saturated heterocycles. The van der Waals surface area contributed by atoms with Gasteiger partial charge in [0.2, 0.25) is 11.7 Å². The molecular formula is C18H14ClN3O3. The van der Waals surface area contributed by atoms with E-state index in [0.717, 1.165) is 11.1 Å². The van der Waals surface area contributed by atoms with Gasteiger partial charge < -0.3 is 9.26 Å². The Morgan fingerprint density at radius 2 is 2.12 bits per heavy atom. The van der Waals surface area contributed by atoms with Crippen LogP contribution in [-0.2, 0) is 11.3 Å². The first kappa shape index (κ1) is 15.7. The Morgan fingerprint density at radius 1 is 1.24 bits per heavy atom. The molecule has 4 rings (SSSR count). The number of hydrogen-bond donors (Lipinski definition) is 0. The minimum atomic E-state index is -0.190. The molecule has 0 N–H and O–H groups in total. The maximum Gasteiger partial charge on any atom is 0.265 e. The first-order valence-electron chi connectivity index (χ1n) is 7.72. The van der Waals surface area contributed by atoms with Crippen LogP contribution in [0, 0.1) is 6.92 Å².